The summed E-state index contributed by atoms with van der Waals surface area (Å²) in [5.74, 6) is -2.97. The molecule has 0 bridgehead atoms. The van der Waals surface area contributed by atoms with Crippen molar-refractivity contribution in [3.8, 4) is 0 Å². The molecule has 0 radical (unpaired) electrons. The summed E-state index contributed by atoms with van der Waals surface area (Å²) in [5.41, 5.74) is 0.825. The van der Waals surface area contributed by atoms with Crippen LogP contribution in [-0.4, -0.2) is 41.1 Å². The average molecular weight is 544 g/mol. The Hall–Kier alpha value is -2.32. The zero-order valence-corrected chi connectivity index (χ0v) is 20.5. The molecular formula is C23H18Cl4N2O5. The first-order chi connectivity index (χ1) is 16.2. The fourth-order valence-corrected chi connectivity index (χ4v) is 5.13. The zero-order valence-electron chi connectivity index (χ0n) is 17.5. The fraction of sp³-hybridized carbons (Fsp3) is 0.304. The van der Waals surface area contributed by atoms with E-state index in [4.69, 9.17) is 51.1 Å². The molecule has 2 aromatic rings. The number of ether oxygens (including phenoxy) is 1. The third kappa shape index (κ3) is 5.03. The smallest absolute Gasteiger partial charge is 0.338 e. The van der Waals surface area contributed by atoms with Crippen molar-refractivity contribution in [1.29, 1.82) is 0 Å². The third-order valence-corrected chi connectivity index (χ3v) is 7.45. The molecule has 1 aliphatic carbocycles. The average Bonchev–Trinajstić information content (AvgIpc) is 3.04. The molecule has 2 aromatic carbocycles. The van der Waals surface area contributed by atoms with E-state index in [2.05, 4.69) is 5.32 Å². The summed E-state index contributed by atoms with van der Waals surface area (Å²) < 4.78 is 5.04. The number of amides is 3. The molecule has 1 heterocycles. The van der Waals surface area contributed by atoms with Crippen LogP contribution in [0.3, 0.4) is 0 Å². The van der Waals surface area contributed by atoms with Gasteiger partial charge in [-0.3, -0.25) is 19.3 Å². The highest BCUT2D eigenvalue weighted by Gasteiger charge is 2.52. The van der Waals surface area contributed by atoms with Crippen LogP contribution < -0.4 is 10.2 Å². The molecule has 34 heavy (non-hydrogen) atoms. The van der Waals surface area contributed by atoms with E-state index in [-0.39, 0.29) is 33.2 Å². The Labute approximate surface area is 215 Å². The zero-order chi connectivity index (χ0) is 24.6. The van der Waals surface area contributed by atoms with E-state index < -0.39 is 30.3 Å². The molecule has 2 aliphatic rings. The highest BCUT2D eigenvalue weighted by molar-refractivity contribution is 6.36. The number of fused-ring (bicyclic) bond motifs is 1. The van der Waals surface area contributed by atoms with Gasteiger partial charge < -0.3 is 10.1 Å². The van der Waals surface area contributed by atoms with Gasteiger partial charge in [0.05, 0.1) is 44.6 Å². The molecule has 0 aromatic heterocycles. The molecule has 2 fully saturated rings. The second kappa shape index (κ2) is 10.1. The Morgan fingerprint density at radius 1 is 0.941 bits per heavy atom. The molecule has 4 rings (SSSR count). The molecule has 3 amide bonds. The van der Waals surface area contributed by atoms with Crippen molar-refractivity contribution in [3.63, 3.8) is 0 Å². The Balaban J connectivity index is 1.37. The molecule has 7 nitrogen and oxygen atoms in total. The van der Waals surface area contributed by atoms with Gasteiger partial charge in [0.2, 0.25) is 11.8 Å². The maximum absolute atomic E-state index is 12.8. The van der Waals surface area contributed by atoms with Crippen LogP contribution in [0.2, 0.25) is 10.0 Å². The van der Waals surface area contributed by atoms with Crippen LogP contribution in [0.5, 0.6) is 0 Å². The minimum atomic E-state index is -0.744. The topological polar surface area (TPSA) is 92.8 Å². The first-order valence-electron chi connectivity index (χ1n) is 10.3. The molecule has 1 N–H and O–H groups in total. The summed E-state index contributed by atoms with van der Waals surface area (Å²) in [6, 6.07) is 10.4. The molecule has 178 valence electrons. The standard InChI is InChI=1S/C23H18Cl4N2O5/c24-12-3-6-19(18(27)7-12)28-20(30)10-34-23(33)11-1-4-13(5-2-11)29-21(31)14-8-16(25)17(26)9-15(14)22(29)32/h1-7,14-17H,8-10H2,(H,28,30)/t14-,15-,16+,17+/m1/s1. The van der Waals surface area contributed by atoms with Crippen molar-refractivity contribution in [3.05, 3.63) is 58.1 Å². The highest BCUT2D eigenvalue weighted by atomic mass is 35.5. The van der Waals surface area contributed by atoms with E-state index >= 15 is 0 Å². The van der Waals surface area contributed by atoms with Gasteiger partial charge in [-0.2, -0.15) is 0 Å². The molecule has 4 atom stereocenters. The van der Waals surface area contributed by atoms with Gasteiger partial charge in [-0.05, 0) is 55.3 Å². The molecule has 0 unspecified atom stereocenters. The summed E-state index contributed by atoms with van der Waals surface area (Å²) in [5, 5.41) is 2.45. The lowest BCUT2D eigenvalue weighted by Gasteiger charge is -2.28. The van der Waals surface area contributed by atoms with Gasteiger partial charge in [0.25, 0.3) is 5.91 Å². The van der Waals surface area contributed by atoms with Crippen LogP contribution in [-0.2, 0) is 19.1 Å². The van der Waals surface area contributed by atoms with Gasteiger partial charge in [0, 0.05) is 5.02 Å². The second-order valence-electron chi connectivity index (χ2n) is 8.02. The second-order valence-corrected chi connectivity index (χ2v) is 9.99. The molecule has 11 heteroatoms. The lowest BCUT2D eigenvalue weighted by Crippen LogP contribution is -2.34. The summed E-state index contributed by atoms with van der Waals surface area (Å²) in [4.78, 5) is 51.2. The minimum Gasteiger partial charge on any atom is -0.452 e. The van der Waals surface area contributed by atoms with Gasteiger partial charge in [0.15, 0.2) is 6.61 Å². The fourth-order valence-electron chi connectivity index (χ4n) is 4.09. The monoisotopic (exact) mass is 542 g/mol. The van der Waals surface area contributed by atoms with Crippen molar-refractivity contribution in [2.75, 3.05) is 16.8 Å². The summed E-state index contributed by atoms with van der Waals surface area (Å²) in [7, 11) is 0. The lowest BCUT2D eigenvalue weighted by atomic mass is 9.80. The maximum Gasteiger partial charge on any atom is 0.338 e. The number of benzene rings is 2. The number of alkyl halides is 2. The molecular weight excluding hydrogens is 526 g/mol. The van der Waals surface area contributed by atoms with Crippen molar-refractivity contribution >= 4 is 81.5 Å². The number of halogens is 4. The number of nitrogens with zero attached hydrogens (tertiary/aromatic N) is 1. The minimum absolute atomic E-state index is 0.152. The van der Waals surface area contributed by atoms with E-state index in [1.54, 1.807) is 6.07 Å². The van der Waals surface area contributed by atoms with Gasteiger partial charge >= 0.3 is 5.97 Å². The Kier molecular flexibility index (Phi) is 7.38. The number of anilines is 2. The first kappa shape index (κ1) is 24.8. The van der Waals surface area contributed by atoms with Gasteiger partial charge in [-0.25, -0.2) is 4.79 Å². The van der Waals surface area contributed by atoms with Gasteiger partial charge in [-0.15, -0.1) is 23.2 Å². The van der Waals surface area contributed by atoms with Crippen LogP contribution in [0.4, 0.5) is 11.4 Å². The number of imide groups is 1. The van der Waals surface area contributed by atoms with Crippen LogP contribution in [0.25, 0.3) is 0 Å². The number of hydrogen-bond acceptors (Lipinski definition) is 5. The number of esters is 1. The van der Waals surface area contributed by atoms with E-state index in [0.717, 1.165) is 4.90 Å². The van der Waals surface area contributed by atoms with E-state index in [9.17, 15) is 19.2 Å². The molecule has 1 aliphatic heterocycles. The van der Waals surface area contributed by atoms with Gasteiger partial charge in [-0.1, -0.05) is 23.2 Å². The maximum atomic E-state index is 12.8. The van der Waals surface area contributed by atoms with E-state index in [1.807, 2.05) is 0 Å². The lowest BCUT2D eigenvalue weighted by molar-refractivity contribution is -0.122. The van der Waals surface area contributed by atoms with Crippen LogP contribution >= 0.6 is 46.4 Å². The number of carbonyl (C=O) groups excluding carboxylic acids is 4. The first-order valence-corrected chi connectivity index (χ1v) is 12.0. The Morgan fingerprint density at radius 2 is 1.53 bits per heavy atom. The van der Waals surface area contributed by atoms with Crippen LogP contribution in [0, 0.1) is 11.8 Å². The largest absolute Gasteiger partial charge is 0.452 e. The molecule has 1 saturated heterocycles. The predicted octanol–water partition coefficient (Wildman–Crippen LogP) is 4.90. The number of rotatable bonds is 5. The summed E-state index contributed by atoms with van der Waals surface area (Å²) in [6.45, 7) is -0.537. The number of carbonyl (C=O) groups is 4. The number of nitrogens with one attached hydrogen (secondary N) is 1. The summed E-state index contributed by atoms with van der Waals surface area (Å²) in [6.07, 6.45) is 0.685. The van der Waals surface area contributed by atoms with E-state index in [1.165, 1.54) is 36.4 Å². The van der Waals surface area contributed by atoms with Crippen molar-refractivity contribution in [2.24, 2.45) is 11.8 Å². The highest BCUT2D eigenvalue weighted by Crippen LogP contribution is 2.43. The SMILES string of the molecule is O=C(COC(=O)c1ccc(N2C(=O)[C@@H]3C[C@H](Cl)[C@@H](Cl)C[C@H]3C2=O)cc1)Nc1ccc(Cl)cc1Cl. The Bertz CT molecular complexity index is 1130. The third-order valence-electron chi connectivity index (χ3n) is 5.81. The number of hydrogen-bond donors (Lipinski definition) is 1. The molecule has 0 spiro atoms. The van der Waals surface area contributed by atoms with Crippen molar-refractivity contribution in [2.45, 2.75) is 23.6 Å². The van der Waals surface area contributed by atoms with Crippen LogP contribution in [0.1, 0.15) is 23.2 Å². The van der Waals surface area contributed by atoms with Crippen molar-refractivity contribution < 1.29 is 23.9 Å². The Morgan fingerprint density at radius 3 is 2.09 bits per heavy atom. The summed E-state index contributed by atoms with van der Waals surface area (Å²) >= 11 is 24.2. The van der Waals surface area contributed by atoms with E-state index in [0.29, 0.717) is 29.2 Å². The molecule has 1 saturated carbocycles. The normalized spacial score (nSPS) is 24.1. The van der Waals surface area contributed by atoms with Crippen LogP contribution in [0.15, 0.2) is 42.5 Å². The van der Waals surface area contributed by atoms with Crippen molar-refractivity contribution in [1.82, 2.24) is 0 Å². The predicted molar refractivity (Wildman–Crippen MR) is 130 cm³/mol. The quantitative estimate of drug-likeness (QED) is 0.329. The van der Waals surface area contributed by atoms with Gasteiger partial charge in [0.1, 0.15) is 0 Å².